The molecule has 0 aliphatic carbocycles. The van der Waals surface area contributed by atoms with Gasteiger partial charge in [-0.3, -0.25) is 14.4 Å². The standard InChI is InChI=1S/C13H20BrN3O2/c1-8-5-4-6-17(12(8)13(18)19)7-10-11(14)9(2)15-16(10)3/h8,12H,4-7H2,1-3H3,(H,18,19). The SMILES string of the molecule is Cc1nn(C)c(CN2CCCC(C)C2C(=O)O)c1Br. The first kappa shape index (κ1) is 14.5. The molecule has 1 N–H and O–H groups in total. The number of aryl methyl sites for hydroxylation is 2. The predicted molar refractivity (Wildman–Crippen MR) is 75.9 cm³/mol. The monoisotopic (exact) mass is 329 g/mol. The van der Waals surface area contributed by atoms with Crippen molar-refractivity contribution in [1.82, 2.24) is 14.7 Å². The van der Waals surface area contributed by atoms with Gasteiger partial charge in [-0.15, -0.1) is 0 Å². The van der Waals surface area contributed by atoms with Gasteiger partial charge < -0.3 is 5.11 Å². The number of aliphatic carboxylic acids is 1. The third-order valence-electron chi connectivity index (χ3n) is 3.90. The number of halogens is 1. The quantitative estimate of drug-likeness (QED) is 0.923. The second-order valence-electron chi connectivity index (χ2n) is 5.34. The smallest absolute Gasteiger partial charge is 0.321 e. The van der Waals surface area contributed by atoms with Crippen molar-refractivity contribution >= 4 is 21.9 Å². The molecule has 6 heteroatoms. The van der Waals surface area contributed by atoms with E-state index >= 15 is 0 Å². The van der Waals surface area contributed by atoms with E-state index in [1.165, 1.54) is 0 Å². The maximum Gasteiger partial charge on any atom is 0.321 e. The number of aromatic nitrogens is 2. The first-order valence-electron chi connectivity index (χ1n) is 6.56. The Bertz CT molecular complexity index is 486. The van der Waals surface area contributed by atoms with Crippen LogP contribution in [0, 0.1) is 12.8 Å². The molecule has 19 heavy (non-hydrogen) atoms. The van der Waals surface area contributed by atoms with E-state index in [1.54, 1.807) is 0 Å². The topological polar surface area (TPSA) is 58.4 Å². The molecule has 2 atom stereocenters. The molecule has 0 bridgehead atoms. The number of hydrogen-bond acceptors (Lipinski definition) is 3. The van der Waals surface area contributed by atoms with Gasteiger partial charge in [-0.25, -0.2) is 0 Å². The molecule has 1 aromatic heterocycles. The lowest BCUT2D eigenvalue weighted by Gasteiger charge is -2.37. The molecule has 2 rings (SSSR count). The Balaban J connectivity index is 2.23. The minimum Gasteiger partial charge on any atom is -0.480 e. The summed E-state index contributed by atoms with van der Waals surface area (Å²) in [5, 5.41) is 13.8. The van der Waals surface area contributed by atoms with E-state index in [-0.39, 0.29) is 5.92 Å². The second kappa shape index (κ2) is 5.63. The van der Waals surface area contributed by atoms with Gasteiger partial charge >= 0.3 is 5.97 Å². The number of piperidine rings is 1. The number of carboxylic acid groups (broad SMARTS) is 1. The zero-order valence-corrected chi connectivity index (χ0v) is 13.1. The zero-order valence-electron chi connectivity index (χ0n) is 11.6. The van der Waals surface area contributed by atoms with E-state index in [4.69, 9.17) is 0 Å². The highest BCUT2D eigenvalue weighted by Crippen LogP contribution is 2.28. The van der Waals surface area contributed by atoms with E-state index in [0.717, 1.165) is 35.2 Å². The fourth-order valence-electron chi connectivity index (χ4n) is 2.89. The summed E-state index contributed by atoms with van der Waals surface area (Å²) < 4.78 is 2.81. The normalized spacial score (nSPS) is 24.6. The van der Waals surface area contributed by atoms with Gasteiger partial charge in [0.1, 0.15) is 6.04 Å². The number of rotatable bonds is 3. The van der Waals surface area contributed by atoms with Crippen molar-refractivity contribution in [2.45, 2.75) is 39.3 Å². The number of carboxylic acids is 1. The van der Waals surface area contributed by atoms with Crippen LogP contribution in [-0.2, 0) is 18.4 Å². The average Bonchev–Trinajstić information content (AvgIpc) is 2.55. The van der Waals surface area contributed by atoms with Crippen molar-refractivity contribution in [2.75, 3.05) is 6.54 Å². The lowest BCUT2D eigenvalue weighted by molar-refractivity contribution is -0.147. The highest BCUT2D eigenvalue weighted by atomic mass is 79.9. The Morgan fingerprint density at radius 2 is 2.26 bits per heavy atom. The summed E-state index contributed by atoms with van der Waals surface area (Å²) in [7, 11) is 1.90. The fraction of sp³-hybridized carbons (Fsp3) is 0.692. The fourth-order valence-corrected chi connectivity index (χ4v) is 3.36. The second-order valence-corrected chi connectivity index (χ2v) is 6.14. The molecule has 106 valence electrons. The molecule has 5 nitrogen and oxygen atoms in total. The van der Waals surface area contributed by atoms with Crippen LogP contribution in [0.3, 0.4) is 0 Å². The van der Waals surface area contributed by atoms with Crippen LogP contribution in [0.5, 0.6) is 0 Å². The Kier molecular flexibility index (Phi) is 4.30. The number of carbonyl (C=O) groups is 1. The first-order valence-corrected chi connectivity index (χ1v) is 7.36. The van der Waals surface area contributed by atoms with Crippen LogP contribution in [0.25, 0.3) is 0 Å². The van der Waals surface area contributed by atoms with Gasteiger partial charge in [-0.1, -0.05) is 6.92 Å². The van der Waals surface area contributed by atoms with Gasteiger partial charge in [0.15, 0.2) is 0 Å². The Morgan fingerprint density at radius 3 is 2.79 bits per heavy atom. The van der Waals surface area contributed by atoms with E-state index < -0.39 is 12.0 Å². The van der Waals surface area contributed by atoms with Gasteiger partial charge in [0.2, 0.25) is 0 Å². The molecule has 1 aromatic rings. The summed E-state index contributed by atoms with van der Waals surface area (Å²) in [6.07, 6.45) is 2.04. The largest absolute Gasteiger partial charge is 0.480 e. The highest BCUT2D eigenvalue weighted by Gasteiger charge is 2.34. The number of hydrogen-bond donors (Lipinski definition) is 1. The summed E-state index contributed by atoms with van der Waals surface area (Å²) in [5.74, 6) is -0.526. The molecule has 0 amide bonds. The third kappa shape index (κ3) is 2.84. The van der Waals surface area contributed by atoms with Crippen LogP contribution in [0.4, 0.5) is 0 Å². The van der Waals surface area contributed by atoms with Crippen LogP contribution < -0.4 is 0 Å². The maximum absolute atomic E-state index is 11.5. The molecule has 0 saturated carbocycles. The van der Waals surface area contributed by atoms with Crippen molar-refractivity contribution in [1.29, 1.82) is 0 Å². The molecule has 1 aliphatic rings. The molecule has 1 saturated heterocycles. The molecule has 0 aromatic carbocycles. The molecular formula is C13H20BrN3O2. The highest BCUT2D eigenvalue weighted by molar-refractivity contribution is 9.10. The molecule has 2 unspecified atom stereocenters. The minimum absolute atomic E-state index is 0.194. The van der Waals surface area contributed by atoms with E-state index in [9.17, 15) is 9.90 Å². The van der Waals surface area contributed by atoms with Crippen molar-refractivity contribution in [3.05, 3.63) is 15.9 Å². The van der Waals surface area contributed by atoms with Crippen molar-refractivity contribution in [3.8, 4) is 0 Å². The zero-order chi connectivity index (χ0) is 14.2. The molecule has 1 aliphatic heterocycles. The number of likely N-dealkylation sites (tertiary alicyclic amines) is 1. The summed E-state index contributed by atoms with van der Waals surface area (Å²) >= 11 is 3.54. The van der Waals surface area contributed by atoms with Crippen LogP contribution in [0.1, 0.15) is 31.2 Å². The predicted octanol–water partition coefficient (Wildman–Crippen LogP) is 2.18. The summed E-state index contributed by atoms with van der Waals surface area (Å²) in [5.41, 5.74) is 1.98. The lowest BCUT2D eigenvalue weighted by Crippen LogP contribution is -2.48. The van der Waals surface area contributed by atoms with Gasteiger partial charge in [0.25, 0.3) is 0 Å². The van der Waals surface area contributed by atoms with Crippen molar-refractivity contribution < 1.29 is 9.90 Å². The average molecular weight is 330 g/mol. The van der Waals surface area contributed by atoms with Gasteiger partial charge in [0.05, 0.1) is 15.9 Å². The molecule has 0 radical (unpaired) electrons. The summed E-state index contributed by atoms with van der Waals surface area (Å²) in [6, 6.07) is -0.393. The van der Waals surface area contributed by atoms with Crippen LogP contribution in [-0.4, -0.2) is 38.3 Å². The van der Waals surface area contributed by atoms with Gasteiger partial charge in [-0.05, 0) is 48.2 Å². The van der Waals surface area contributed by atoms with E-state index in [0.29, 0.717) is 6.54 Å². The Labute approximate surface area is 121 Å². The Morgan fingerprint density at radius 1 is 1.58 bits per heavy atom. The third-order valence-corrected chi connectivity index (χ3v) is 4.94. The summed E-state index contributed by atoms with van der Waals surface area (Å²) in [6.45, 7) is 5.42. The van der Waals surface area contributed by atoms with Gasteiger partial charge in [0, 0.05) is 13.6 Å². The minimum atomic E-state index is -0.720. The Hall–Kier alpha value is -0.880. The summed E-state index contributed by atoms with van der Waals surface area (Å²) in [4.78, 5) is 13.5. The van der Waals surface area contributed by atoms with Crippen molar-refractivity contribution in [3.63, 3.8) is 0 Å². The van der Waals surface area contributed by atoms with Crippen LogP contribution >= 0.6 is 15.9 Å². The van der Waals surface area contributed by atoms with Crippen LogP contribution in [0.15, 0.2) is 4.47 Å². The van der Waals surface area contributed by atoms with E-state index in [2.05, 4.69) is 25.9 Å². The van der Waals surface area contributed by atoms with Crippen LogP contribution in [0.2, 0.25) is 0 Å². The van der Waals surface area contributed by atoms with Crippen molar-refractivity contribution in [2.24, 2.45) is 13.0 Å². The first-order chi connectivity index (χ1) is 8.91. The van der Waals surface area contributed by atoms with E-state index in [1.807, 2.05) is 25.6 Å². The number of nitrogens with zero attached hydrogens (tertiary/aromatic N) is 3. The molecule has 1 fully saturated rings. The van der Waals surface area contributed by atoms with Gasteiger partial charge in [-0.2, -0.15) is 5.10 Å². The maximum atomic E-state index is 11.5. The molecule has 2 heterocycles. The lowest BCUT2D eigenvalue weighted by atomic mass is 9.90. The molecule has 0 spiro atoms. The molecular weight excluding hydrogens is 310 g/mol.